The first kappa shape index (κ1) is 10.8. The monoisotopic (exact) mass is 196 g/mol. The Balaban J connectivity index is 2.96. The molecule has 0 atom stereocenters. The maximum atomic E-state index is 2.27. The molecule has 0 amide bonds. The highest BCUT2D eigenvalue weighted by atomic mass is 32.1. The molecule has 0 nitrogen and oxygen atoms in total. The topological polar surface area (TPSA) is 0 Å². The van der Waals surface area contributed by atoms with Gasteiger partial charge in [0.25, 0.3) is 0 Å². The highest BCUT2D eigenvalue weighted by molar-refractivity contribution is 7.12. The minimum absolute atomic E-state index is 1.27. The maximum absolute atomic E-state index is 2.27. The van der Waals surface area contributed by atoms with Crippen LogP contribution in [0, 0.1) is 13.8 Å². The minimum atomic E-state index is 1.27. The molecule has 13 heavy (non-hydrogen) atoms. The molecule has 0 aliphatic rings. The van der Waals surface area contributed by atoms with Gasteiger partial charge in [-0.3, -0.25) is 0 Å². The Labute approximate surface area is 86.0 Å². The molecule has 0 bridgehead atoms. The van der Waals surface area contributed by atoms with Crippen LogP contribution in [-0.4, -0.2) is 0 Å². The van der Waals surface area contributed by atoms with E-state index in [0.29, 0.717) is 0 Å². The van der Waals surface area contributed by atoms with Crippen LogP contribution >= 0.6 is 11.3 Å². The van der Waals surface area contributed by atoms with E-state index in [1.165, 1.54) is 30.6 Å². The van der Waals surface area contributed by atoms with Gasteiger partial charge in [0.2, 0.25) is 0 Å². The Morgan fingerprint density at radius 2 is 1.62 bits per heavy atom. The Kier molecular flexibility index (Phi) is 3.98. The molecule has 0 fully saturated rings. The molecule has 0 N–H and O–H groups in total. The number of hydrogen-bond donors (Lipinski definition) is 0. The minimum Gasteiger partial charge on any atom is -0.145 e. The van der Waals surface area contributed by atoms with Crippen molar-refractivity contribution >= 4 is 11.3 Å². The van der Waals surface area contributed by atoms with Gasteiger partial charge in [0.15, 0.2) is 0 Å². The van der Waals surface area contributed by atoms with Gasteiger partial charge in [0.1, 0.15) is 0 Å². The standard InChI is InChI=1S/C12H20S/c1-5-7-11-9(3)10(4)13-12(11)8-6-2/h5-8H2,1-4H3. The summed E-state index contributed by atoms with van der Waals surface area (Å²) in [5, 5.41) is 0. The summed E-state index contributed by atoms with van der Waals surface area (Å²) in [4.78, 5) is 3.16. The van der Waals surface area contributed by atoms with Gasteiger partial charge < -0.3 is 0 Å². The third kappa shape index (κ3) is 2.34. The Morgan fingerprint density at radius 1 is 1.00 bits per heavy atom. The fourth-order valence-corrected chi connectivity index (χ4v) is 3.08. The smallest absolute Gasteiger partial charge is 0.00826 e. The quantitative estimate of drug-likeness (QED) is 0.674. The molecule has 1 aromatic heterocycles. The first-order valence-electron chi connectivity index (χ1n) is 5.28. The second-order valence-electron chi connectivity index (χ2n) is 3.68. The lowest BCUT2D eigenvalue weighted by molar-refractivity contribution is 0.872. The molecule has 1 rings (SSSR count). The number of thiophene rings is 1. The normalized spacial score (nSPS) is 10.8. The number of aryl methyl sites for hydroxylation is 2. The molecule has 1 heteroatoms. The predicted octanol–water partition coefficient (Wildman–Crippen LogP) is 4.27. The van der Waals surface area contributed by atoms with Gasteiger partial charge in [-0.2, -0.15) is 0 Å². The van der Waals surface area contributed by atoms with Gasteiger partial charge in [0, 0.05) is 9.75 Å². The summed E-state index contributed by atoms with van der Waals surface area (Å²) < 4.78 is 0. The van der Waals surface area contributed by atoms with Crippen LogP contribution in [0.5, 0.6) is 0 Å². The molecule has 0 saturated carbocycles. The fourth-order valence-electron chi connectivity index (χ4n) is 1.75. The third-order valence-electron chi connectivity index (χ3n) is 2.57. The highest BCUT2D eigenvalue weighted by Gasteiger charge is 2.10. The molecule has 0 aliphatic heterocycles. The van der Waals surface area contributed by atoms with Gasteiger partial charge in [-0.15, -0.1) is 11.3 Å². The van der Waals surface area contributed by atoms with Gasteiger partial charge in [-0.05, 0) is 37.8 Å². The van der Waals surface area contributed by atoms with Crippen molar-refractivity contribution in [2.75, 3.05) is 0 Å². The van der Waals surface area contributed by atoms with E-state index in [1.807, 2.05) is 11.3 Å². The van der Waals surface area contributed by atoms with E-state index in [2.05, 4.69) is 27.7 Å². The zero-order valence-corrected chi connectivity index (χ0v) is 10.1. The van der Waals surface area contributed by atoms with Crippen LogP contribution in [0.4, 0.5) is 0 Å². The largest absolute Gasteiger partial charge is 0.145 e. The zero-order valence-electron chi connectivity index (χ0n) is 9.24. The van der Waals surface area contributed by atoms with Crippen LogP contribution < -0.4 is 0 Å². The Hall–Kier alpha value is -0.300. The summed E-state index contributed by atoms with van der Waals surface area (Å²) in [6.45, 7) is 9.05. The summed E-state index contributed by atoms with van der Waals surface area (Å²) in [6.07, 6.45) is 5.09. The first-order chi connectivity index (χ1) is 6.20. The second kappa shape index (κ2) is 4.80. The van der Waals surface area contributed by atoms with E-state index in [0.717, 1.165) is 0 Å². The Morgan fingerprint density at radius 3 is 2.15 bits per heavy atom. The molecule has 0 unspecified atom stereocenters. The highest BCUT2D eigenvalue weighted by Crippen LogP contribution is 2.29. The number of rotatable bonds is 4. The van der Waals surface area contributed by atoms with Crippen molar-refractivity contribution in [3.63, 3.8) is 0 Å². The van der Waals surface area contributed by atoms with Gasteiger partial charge in [-0.25, -0.2) is 0 Å². The van der Waals surface area contributed by atoms with Crippen molar-refractivity contribution in [1.82, 2.24) is 0 Å². The molecule has 1 heterocycles. The lowest BCUT2D eigenvalue weighted by atomic mass is 10.0. The van der Waals surface area contributed by atoms with E-state index in [-0.39, 0.29) is 0 Å². The average molecular weight is 196 g/mol. The van der Waals surface area contributed by atoms with Gasteiger partial charge in [0.05, 0.1) is 0 Å². The summed E-state index contributed by atoms with van der Waals surface area (Å²) in [7, 11) is 0. The fraction of sp³-hybridized carbons (Fsp3) is 0.667. The van der Waals surface area contributed by atoms with Crippen LogP contribution in [0.1, 0.15) is 47.6 Å². The van der Waals surface area contributed by atoms with E-state index in [4.69, 9.17) is 0 Å². The molecule has 0 saturated heterocycles. The second-order valence-corrected chi connectivity index (χ2v) is 4.99. The Bertz CT molecular complexity index is 271. The summed E-state index contributed by atoms with van der Waals surface area (Å²) in [5.74, 6) is 0. The van der Waals surface area contributed by atoms with E-state index in [9.17, 15) is 0 Å². The molecule has 0 aromatic carbocycles. The van der Waals surface area contributed by atoms with Crippen LogP contribution in [0.25, 0.3) is 0 Å². The zero-order chi connectivity index (χ0) is 9.84. The summed E-state index contributed by atoms with van der Waals surface area (Å²) in [5.41, 5.74) is 3.20. The maximum Gasteiger partial charge on any atom is 0.00826 e. The van der Waals surface area contributed by atoms with Crippen molar-refractivity contribution in [3.8, 4) is 0 Å². The van der Waals surface area contributed by atoms with E-state index >= 15 is 0 Å². The summed E-state index contributed by atoms with van der Waals surface area (Å²) in [6, 6.07) is 0. The molecule has 0 radical (unpaired) electrons. The molecule has 0 spiro atoms. The first-order valence-corrected chi connectivity index (χ1v) is 6.10. The third-order valence-corrected chi connectivity index (χ3v) is 3.88. The molecular weight excluding hydrogens is 176 g/mol. The molecule has 0 aliphatic carbocycles. The van der Waals surface area contributed by atoms with Gasteiger partial charge >= 0.3 is 0 Å². The molecule has 74 valence electrons. The SMILES string of the molecule is CCCc1sc(C)c(C)c1CCC. The predicted molar refractivity (Wildman–Crippen MR) is 61.8 cm³/mol. The lowest BCUT2D eigenvalue weighted by Gasteiger charge is -2.02. The van der Waals surface area contributed by atoms with Crippen LogP contribution in [0.15, 0.2) is 0 Å². The molecule has 1 aromatic rings. The van der Waals surface area contributed by atoms with Crippen molar-refractivity contribution in [1.29, 1.82) is 0 Å². The molecular formula is C12H20S. The van der Waals surface area contributed by atoms with E-state index in [1.54, 1.807) is 16.0 Å². The van der Waals surface area contributed by atoms with Crippen molar-refractivity contribution in [2.45, 2.75) is 53.4 Å². The van der Waals surface area contributed by atoms with Crippen molar-refractivity contribution in [2.24, 2.45) is 0 Å². The van der Waals surface area contributed by atoms with Crippen molar-refractivity contribution < 1.29 is 0 Å². The summed E-state index contributed by atoms with van der Waals surface area (Å²) >= 11 is 2.01. The lowest BCUT2D eigenvalue weighted by Crippen LogP contribution is -1.90. The number of hydrogen-bond acceptors (Lipinski definition) is 1. The average Bonchev–Trinajstić information content (AvgIpc) is 2.34. The van der Waals surface area contributed by atoms with Crippen LogP contribution in [-0.2, 0) is 12.8 Å². The van der Waals surface area contributed by atoms with Crippen molar-refractivity contribution in [3.05, 3.63) is 20.9 Å². The van der Waals surface area contributed by atoms with Gasteiger partial charge in [-0.1, -0.05) is 26.7 Å². The van der Waals surface area contributed by atoms with E-state index < -0.39 is 0 Å². The van der Waals surface area contributed by atoms with Crippen LogP contribution in [0.2, 0.25) is 0 Å². The van der Waals surface area contributed by atoms with Crippen LogP contribution in [0.3, 0.4) is 0 Å².